The molecular formula is C21H26ClN3OS. The second-order valence-corrected chi connectivity index (χ2v) is 8.78. The number of thiophene rings is 1. The number of nitrogens with one attached hydrogen (secondary N) is 2. The number of benzene rings is 1. The second-order valence-electron chi connectivity index (χ2n) is 7.17. The number of rotatable bonds is 7. The smallest absolute Gasteiger partial charge is 0.259 e. The van der Waals surface area contributed by atoms with E-state index in [4.69, 9.17) is 16.6 Å². The maximum atomic E-state index is 12.7. The van der Waals surface area contributed by atoms with Gasteiger partial charge in [0.1, 0.15) is 10.7 Å². The summed E-state index contributed by atoms with van der Waals surface area (Å²) in [5.74, 6) is 1.21. The van der Waals surface area contributed by atoms with Crippen LogP contribution < -0.4 is 10.9 Å². The largest absolute Gasteiger partial charge is 0.309 e. The highest BCUT2D eigenvalue weighted by atomic mass is 35.5. The highest BCUT2D eigenvalue weighted by molar-refractivity contribution is 7.18. The molecule has 4 nitrogen and oxygen atoms in total. The van der Waals surface area contributed by atoms with Crippen LogP contribution in [0.25, 0.3) is 10.2 Å². The topological polar surface area (TPSA) is 57.8 Å². The number of hydrogen-bond acceptors (Lipinski definition) is 4. The van der Waals surface area contributed by atoms with Crippen molar-refractivity contribution in [3.63, 3.8) is 0 Å². The number of aromatic amines is 1. The average Bonchev–Trinajstić information content (AvgIpc) is 2.95. The summed E-state index contributed by atoms with van der Waals surface area (Å²) in [5, 5.41) is 4.90. The van der Waals surface area contributed by atoms with Crippen LogP contribution in [-0.2, 0) is 13.0 Å². The maximum absolute atomic E-state index is 12.7. The predicted molar refractivity (Wildman–Crippen MR) is 115 cm³/mol. The Balaban J connectivity index is 1.83. The van der Waals surface area contributed by atoms with Gasteiger partial charge in [0.05, 0.1) is 11.9 Å². The number of halogens is 1. The third kappa shape index (κ3) is 4.42. The molecule has 3 rings (SSSR count). The minimum Gasteiger partial charge on any atom is -0.309 e. The zero-order valence-electron chi connectivity index (χ0n) is 16.2. The number of fused-ring (bicyclic) bond motifs is 1. The summed E-state index contributed by atoms with van der Waals surface area (Å²) in [6.07, 6.45) is 2.03. The molecule has 27 heavy (non-hydrogen) atoms. The third-order valence-electron chi connectivity index (χ3n) is 5.11. The molecule has 0 radical (unpaired) electrons. The van der Waals surface area contributed by atoms with Gasteiger partial charge in [0.2, 0.25) is 0 Å². The summed E-state index contributed by atoms with van der Waals surface area (Å²) in [6.45, 7) is 9.02. The molecule has 2 aromatic heterocycles. The van der Waals surface area contributed by atoms with Gasteiger partial charge in [-0.25, -0.2) is 4.98 Å². The van der Waals surface area contributed by atoms with E-state index >= 15 is 0 Å². The Bertz CT molecular complexity index is 995. The van der Waals surface area contributed by atoms with Crippen molar-refractivity contribution >= 4 is 33.2 Å². The van der Waals surface area contributed by atoms with Gasteiger partial charge in [-0.2, -0.15) is 0 Å². The molecule has 0 aliphatic rings. The number of hydrogen-bond donors (Lipinski definition) is 2. The molecule has 0 bridgehead atoms. The van der Waals surface area contributed by atoms with Gasteiger partial charge in [-0.15, -0.1) is 11.3 Å². The van der Waals surface area contributed by atoms with E-state index in [0.29, 0.717) is 18.3 Å². The zero-order valence-corrected chi connectivity index (χ0v) is 17.8. The molecule has 2 atom stereocenters. The fraction of sp³-hybridized carbons (Fsp3) is 0.429. The molecule has 0 saturated carbocycles. The Labute approximate surface area is 169 Å². The summed E-state index contributed by atoms with van der Waals surface area (Å²) in [7, 11) is 0. The van der Waals surface area contributed by atoms with Gasteiger partial charge in [-0.3, -0.25) is 4.79 Å². The van der Waals surface area contributed by atoms with Gasteiger partial charge in [-0.05, 0) is 43.4 Å². The number of aromatic nitrogens is 2. The van der Waals surface area contributed by atoms with Crippen molar-refractivity contribution in [1.29, 1.82) is 0 Å². The second kappa shape index (κ2) is 8.55. The number of nitrogens with zero attached hydrogens (tertiary/aromatic N) is 1. The normalized spacial score (nSPS) is 13.8. The molecule has 6 heteroatoms. The van der Waals surface area contributed by atoms with Crippen LogP contribution in [-0.4, -0.2) is 9.97 Å². The molecule has 1 aromatic carbocycles. The lowest BCUT2D eigenvalue weighted by Crippen LogP contribution is -2.22. The summed E-state index contributed by atoms with van der Waals surface area (Å²) in [5.41, 5.74) is 2.15. The van der Waals surface area contributed by atoms with Crippen LogP contribution in [0.1, 0.15) is 55.1 Å². The molecule has 2 N–H and O–H groups in total. The van der Waals surface area contributed by atoms with Crippen molar-refractivity contribution in [3.8, 4) is 0 Å². The van der Waals surface area contributed by atoms with Crippen LogP contribution >= 0.6 is 22.9 Å². The van der Waals surface area contributed by atoms with Gasteiger partial charge >= 0.3 is 0 Å². The molecule has 0 saturated heterocycles. The van der Waals surface area contributed by atoms with E-state index in [1.54, 1.807) is 11.3 Å². The average molecular weight is 404 g/mol. The Hall–Kier alpha value is -1.69. The quantitative estimate of drug-likeness (QED) is 0.556. The fourth-order valence-electron chi connectivity index (χ4n) is 3.23. The molecule has 0 spiro atoms. The highest BCUT2D eigenvalue weighted by Crippen LogP contribution is 2.29. The van der Waals surface area contributed by atoms with Crippen molar-refractivity contribution in [1.82, 2.24) is 15.3 Å². The van der Waals surface area contributed by atoms with Crippen molar-refractivity contribution in [2.75, 3.05) is 0 Å². The van der Waals surface area contributed by atoms with Gasteiger partial charge < -0.3 is 10.3 Å². The zero-order chi connectivity index (χ0) is 19.6. The Morgan fingerprint density at radius 2 is 2.04 bits per heavy atom. The summed E-state index contributed by atoms with van der Waals surface area (Å²) < 4.78 is 0. The lowest BCUT2D eigenvalue weighted by atomic mass is 9.98. The van der Waals surface area contributed by atoms with E-state index < -0.39 is 0 Å². The first-order chi connectivity index (χ1) is 12.9. The fourth-order valence-corrected chi connectivity index (χ4v) is 4.60. The first kappa shape index (κ1) is 20.1. The summed E-state index contributed by atoms with van der Waals surface area (Å²) in [6, 6.07) is 7.84. The Morgan fingerprint density at radius 1 is 1.30 bits per heavy atom. The molecule has 3 aromatic rings. The third-order valence-corrected chi connectivity index (χ3v) is 6.49. The van der Waals surface area contributed by atoms with E-state index in [1.807, 2.05) is 24.3 Å². The lowest BCUT2D eigenvalue weighted by molar-refractivity contribution is 0.558. The Morgan fingerprint density at radius 3 is 2.74 bits per heavy atom. The number of H-pyrrole nitrogens is 1. The van der Waals surface area contributed by atoms with E-state index in [9.17, 15) is 4.79 Å². The molecular weight excluding hydrogens is 378 g/mol. The van der Waals surface area contributed by atoms with E-state index in [2.05, 4.69) is 38.0 Å². The van der Waals surface area contributed by atoms with E-state index in [0.717, 1.165) is 39.2 Å². The molecule has 0 fully saturated rings. The lowest BCUT2D eigenvalue weighted by Gasteiger charge is -2.15. The minimum absolute atomic E-state index is 0.0372. The van der Waals surface area contributed by atoms with Crippen molar-refractivity contribution in [2.45, 2.75) is 53.1 Å². The van der Waals surface area contributed by atoms with Crippen molar-refractivity contribution in [2.24, 2.45) is 5.92 Å². The molecule has 2 heterocycles. The van der Waals surface area contributed by atoms with Crippen LogP contribution in [0.15, 0.2) is 29.1 Å². The highest BCUT2D eigenvalue weighted by Gasteiger charge is 2.17. The molecule has 0 amide bonds. The van der Waals surface area contributed by atoms with Gasteiger partial charge in [0.15, 0.2) is 0 Å². The molecule has 0 unspecified atom stereocenters. The predicted octanol–water partition coefficient (Wildman–Crippen LogP) is 5.39. The van der Waals surface area contributed by atoms with Crippen LogP contribution in [0.3, 0.4) is 0 Å². The molecule has 0 aliphatic heterocycles. The maximum Gasteiger partial charge on any atom is 0.259 e. The summed E-state index contributed by atoms with van der Waals surface area (Å²) in [4.78, 5) is 22.4. The molecule has 144 valence electrons. The first-order valence-electron chi connectivity index (χ1n) is 9.39. The number of aryl methyl sites for hydroxylation is 1. The van der Waals surface area contributed by atoms with Crippen LogP contribution in [0.5, 0.6) is 0 Å². The van der Waals surface area contributed by atoms with Gasteiger partial charge in [-0.1, -0.05) is 50.1 Å². The van der Waals surface area contributed by atoms with Crippen LogP contribution in [0.2, 0.25) is 5.02 Å². The Kier molecular flexibility index (Phi) is 6.35. The van der Waals surface area contributed by atoms with E-state index in [-0.39, 0.29) is 11.6 Å². The van der Waals surface area contributed by atoms with Crippen molar-refractivity contribution < 1.29 is 0 Å². The molecule has 0 aliphatic carbocycles. The van der Waals surface area contributed by atoms with E-state index in [1.165, 1.54) is 4.88 Å². The standard InChI is InChI=1S/C21H26ClN3OS/c1-5-12(2)10-16-14(4)27-21-19(16)20(26)24-18(25-21)11-23-13(3)15-8-6-7-9-17(15)22/h6-9,12-13,23H,5,10-11H2,1-4H3,(H,24,25,26)/t12-,13+/m0/s1. The SMILES string of the molecule is CC[C@H](C)Cc1c(C)sc2nc(CN[C@H](C)c3ccccc3Cl)[nH]c(=O)c12. The van der Waals surface area contributed by atoms with Crippen molar-refractivity contribution in [3.05, 3.63) is 61.5 Å². The minimum atomic E-state index is -0.0372. The van der Waals surface area contributed by atoms with Crippen LogP contribution in [0.4, 0.5) is 0 Å². The summed E-state index contributed by atoms with van der Waals surface area (Å²) >= 11 is 7.88. The monoisotopic (exact) mass is 403 g/mol. The first-order valence-corrected chi connectivity index (χ1v) is 10.6. The van der Waals surface area contributed by atoms with Gasteiger partial charge in [0.25, 0.3) is 5.56 Å². The van der Waals surface area contributed by atoms with Gasteiger partial charge in [0, 0.05) is 15.9 Å². The van der Waals surface area contributed by atoms with Crippen LogP contribution in [0, 0.1) is 12.8 Å².